The average molecular weight is 517 g/mol. The van der Waals surface area contributed by atoms with Crippen molar-refractivity contribution in [3.8, 4) is 0 Å². The molecule has 2 aromatic carbocycles. The summed E-state index contributed by atoms with van der Waals surface area (Å²) in [7, 11) is -3.73. The molecule has 0 saturated heterocycles. The molecule has 0 radical (unpaired) electrons. The SMILES string of the molecule is COC(=O)[C@@H](Cc1ccc2c(ccn2S(=O)(=O)CC[Si](C)(C)C)c1)NC(=O)OCc1ccccc1. The van der Waals surface area contributed by atoms with Gasteiger partial charge in [0.1, 0.15) is 12.6 Å². The topological polar surface area (TPSA) is 104 Å². The lowest BCUT2D eigenvalue weighted by Crippen LogP contribution is -2.43. The van der Waals surface area contributed by atoms with E-state index in [1.165, 1.54) is 11.1 Å². The van der Waals surface area contributed by atoms with Crippen molar-refractivity contribution in [1.82, 2.24) is 9.29 Å². The molecule has 0 aliphatic carbocycles. The molecule has 3 aromatic rings. The number of rotatable bonds is 10. The number of carbonyl (C=O) groups excluding carboxylic acids is 2. The average Bonchev–Trinajstić information content (AvgIpc) is 3.25. The Labute approximate surface area is 207 Å². The lowest BCUT2D eigenvalue weighted by atomic mass is 10.0. The number of aromatic nitrogens is 1. The third-order valence-corrected chi connectivity index (χ3v) is 9.31. The van der Waals surface area contributed by atoms with Gasteiger partial charge in [-0.05, 0) is 35.4 Å². The Kier molecular flexibility index (Phi) is 8.39. The van der Waals surface area contributed by atoms with E-state index in [0.717, 1.165) is 16.5 Å². The minimum absolute atomic E-state index is 0.0756. The number of carbonyl (C=O) groups is 2. The first-order valence-electron chi connectivity index (χ1n) is 11.4. The maximum Gasteiger partial charge on any atom is 0.408 e. The highest BCUT2D eigenvalue weighted by molar-refractivity contribution is 7.90. The number of ether oxygens (including phenoxy) is 2. The summed E-state index contributed by atoms with van der Waals surface area (Å²) in [4.78, 5) is 24.6. The molecule has 0 unspecified atom stereocenters. The Morgan fingerprint density at radius 1 is 1.03 bits per heavy atom. The van der Waals surface area contributed by atoms with Crippen LogP contribution in [0.3, 0.4) is 0 Å². The van der Waals surface area contributed by atoms with Gasteiger partial charge in [0.05, 0.1) is 18.4 Å². The van der Waals surface area contributed by atoms with Crippen LogP contribution < -0.4 is 5.32 Å². The van der Waals surface area contributed by atoms with Crippen LogP contribution in [0.15, 0.2) is 60.8 Å². The summed E-state index contributed by atoms with van der Waals surface area (Å²) in [5.74, 6) is -0.499. The molecule has 1 amide bonds. The van der Waals surface area contributed by atoms with Crippen molar-refractivity contribution in [2.45, 2.75) is 44.8 Å². The van der Waals surface area contributed by atoms with Crippen LogP contribution in [0, 0.1) is 0 Å². The second-order valence-corrected chi connectivity index (χ2v) is 17.2. The van der Waals surface area contributed by atoms with Crippen molar-refractivity contribution in [2.24, 2.45) is 0 Å². The molecule has 3 rings (SSSR count). The number of benzene rings is 2. The fourth-order valence-corrected chi connectivity index (χ4v) is 7.94. The molecule has 1 heterocycles. The van der Waals surface area contributed by atoms with Crippen LogP contribution in [0.5, 0.6) is 0 Å². The molecule has 0 fully saturated rings. The molecule has 0 saturated carbocycles. The molecule has 1 atom stereocenters. The van der Waals surface area contributed by atoms with Gasteiger partial charge in [-0.2, -0.15) is 0 Å². The Balaban J connectivity index is 1.72. The first-order chi connectivity index (χ1) is 16.5. The Hall–Kier alpha value is -3.11. The molecular formula is C25H32N2O6SSi. The standard InChI is InChI=1S/C25H32N2O6SSi/c1-32-24(28)22(26-25(29)33-18-19-8-6-5-7-9-19)17-20-10-11-23-21(16-20)12-13-27(23)34(30,31)14-15-35(2,3)4/h5-13,16,22H,14-15,17-18H2,1-4H3,(H,26,29)/t22-/m1/s1. The number of fused-ring (bicyclic) bond motifs is 1. The molecule has 1 N–H and O–H groups in total. The van der Waals surface area contributed by atoms with Crippen LogP contribution in [0.25, 0.3) is 10.9 Å². The summed E-state index contributed by atoms with van der Waals surface area (Å²) in [5, 5.41) is 3.29. The molecular weight excluding hydrogens is 484 g/mol. The van der Waals surface area contributed by atoms with E-state index in [0.29, 0.717) is 11.6 Å². The highest BCUT2D eigenvalue weighted by Crippen LogP contribution is 2.22. The Morgan fingerprint density at radius 3 is 2.40 bits per heavy atom. The van der Waals surface area contributed by atoms with E-state index in [-0.39, 0.29) is 18.8 Å². The Bertz CT molecular complexity index is 1280. The number of esters is 1. The van der Waals surface area contributed by atoms with Gasteiger partial charge in [0, 0.05) is 26.1 Å². The summed E-state index contributed by atoms with van der Waals surface area (Å²) in [6.07, 6.45) is 0.992. The number of amides is 1. The fraction of sp³-hybridized carbons (Fsp3) is 0.360. The molecule has 35 heavy (non-hydrogen) atoms. The van der Waals surface area contributed by atoms with E-state index in [9.17, 15) is 18.0 Å². The van der Waals surface area contributed by atoms with Gasteiger partial charge in [-0.3, -0.25) is 0 Å². The van der Waals surface area contributed by atoms with Crippen molar-refractivity contribution >= 4 is 41.1 Å². The minimum atomic E-state index is -3.47. The third kappa shape index (κ3) is 7.43. The van der Waals surface area contributed by atoms with E-state index in [2.05, 4.69) is 25.0 Å². The second-order valence-electron chi connectivity index (χ2n) is 9.62. The molecule has 0 aliphatic rings. The second kappa shape index (κ2) is 11.1. The monoisotopic (exact) mass is 516 g/mol. The summed E-state index contributed by atoms with van der Waals surface area (Å²) in [5.41, 5.74) is 2.15. The van der Waals surface area contributed by atoms with Gasteiger partial charge in [-0.15, -0.1) is 0 Å². The number of hydrogen-bond acceptors (Lipinski definition) is 6. The van der Waals surface area contributed by atoms with Crippen LogP contribution in [-0.4, -0.2) is 51.4 Å². The number of hydrogen-bond donors (Lipinski definition) is 1. The molecule has 8 nitrogen and oxygen atoms in total. The van der Waals surface area contributed by atoms with Gasteiger partial charge in [-0.1, -0.05) is 56.0 Å². The van der Waals surface area contributed by atoms with E-state index in [1.807, 2.05) is 36.4 Å². The molecule has 0 spiro atoms. The van der Waals surface area contributed by atoms with Crippen molar-refractivity contribution in [3.63, 3.8) is 0 Å². The smallest absolute Gasteiger partial charge is 0.408 e. The van der Waals surface area contributed by atoms with Crippen molar-refractivity contribution < 1.29 is 27.5 Å². The highest BCUT2D eigenvalue weighted by atomic mass is 32.2. The number of methoxy groups -OCH3 is 1. The van der Waals surface area contributed by atoms with E-state index < -0.39 is 36.2 Å². The van der Waals surface area contributed by atoms with Crippen LogP contribution in [0.4, 0.5) is 4.79 Å². The van der Waals surface area contributed by atoms with Gasteiger partial charge in [0.15, 0.2) is 0 Å². The summed E-state index contributed by atoms with van der Waals surface area (Å²) < 4.78 is 37.2. The molecule has 0 bridgehead atoms. The van der Waals surface area contributed by atoms with Crippen molar-refractivity contribution in [3.05, 3.63) is 71.9 Å². The Morgan fingerprint density at radius 2 is 1.74 bits per heavy atom. The maximum absolute atomic E-state index is 12.9. The van der Waals surface area contributed by atoms with Crippen LogP contribution in [-0.2, 0) is 37.3 Å². The van der Waals surface area contributed by atoms with Crippen LogP contribution >= 0.6 is 0 Å². The van der Waals surface area contributed by atoms with Crippen molar-refractivity contribution in [1.29, 1.82) is 0 Å². The number of alkyl carbamates (subject to hydrolysis) is 1. The van der Waals surface area contributed by atoms with Gasteiger partial charge in [-0.25, -0.2) is 22.0 Å². The van der Waals surface area contributed by atoms with Gasteiger partial charge >= 0.3 is 12.1 Å². The fourth-order valence-electron chi connectivity index (χ4n) is 3.55. The van der Waals surface area contributed by atoms with Crippen LogP contribution in [0.2, 0.25) is 25.7 Å². The quantitative estimate of drug-likeness (QED) is 0.320. The largest absolute Gasteiger partial charge is 0.467 e. The van der Waals surface area contributed by atoms with E-state index in [4.69, 9.17) is 9.47 Å². The zero-order valence-electron chi connectivity index (χ0n) is 20.5. The lowest BCUT2D eigenvalue weighted by molar-refractivity contribution is -0.143. The normalized spacial score (nSPS) is 12.8. The number of nitrogens with zero attached hydrogens (tertiary/aromatic N) is 1. The molecule has 188 valence electrons. The predicted molar refractivity (Wildman–Crippen MR) is 139 cm³/mol. The summed E-state index contributed by atoms with van der Waals surface area (Å²) in [6.45, 7) is 6.51. The lowest BCUT2D eigenvalue weighted by Gasteiger charge is -2.17. The van der Waals surface area contributed by atoms with E-state index >= 15 is 0 Å². The number of nitrogens with one attached hydrogen (secondary N) is 1. The summed E-state index contributed by atoms with van der Waals surface area (Å²) in [6, 6.07) is 16.0. The highest BCUT2D eigenvalue weighted by Gasteiger charge is 2.24. The molecule has 1 aromatic heterocycles. The zero-order chi connectivity index (χ0) is 25.6. The summed E-state index contributed by atoms with van der Waals surface area (Å²) >= 11 is 0. The molecule has 0 aliphatic heterocycles. The van der Waals surface area contributed by atoms with Gasteiger partial charge in [0.2, 0.25) is 10.0 Å². The van der Waals surface area contributed by atoms with Crippen molar-refractivity contribution in [2.75, 3.05) is 12.9 Å². The van der Waals surface area contributed by atoms with Crippen LogP contribution in [0.1, 0.15) is 11.1 Å². The van der Waals surface area contributed by atoms with Gasteiger partial charge in [0.25, 0.3) is 0 Å². The predicted octanol–water partition coefficient (Wildman–Crippen LogP) is 4.17. The van der Waals surface area contributed by atoms with Gasteiger partial charge < -0.3 is 14.8 Å². The zero-order valence-corrected chi connectivity index (χ0v) is 22.3. The first kappa shape index (κ1) is 26.5. The minimum Gasteiger partial charge on any atom is -0.467 e. The maximum atomic E-state index is 12.9. The third-order valence-electron chi connectivity index (χ3n) is 5.56. The van der Waals surface area contributed by atoms with E-state index in [1.54, 1.807) is 24.4 Å². The first-order valence-corrected chi connectivity index (χ1v) is 16.7. The molecule has 10 heteroatoms.